The Labute approximate surface area is 78.4 Å². The fourth-order valence-corrected chi connectivity index (χ4v) is 0.0833. The first-order chi connectivity index (χ1) is 5.95. The molecule has 0 bridgehead atoms. The zero-order valence-electron chi connectivity index (χ0n) is 8.49. The van der Waals surface area contributed by atoms with Crippen LogP contribution in [0.15, 0.2) is 12.5 Å². The molecule has 0 radical (unpaired) electrons. The molecule has 4 N–H and O–H groups in total. The van der Waals surface area contributed by atoms with Crippen LogP contribution in [0.4, 0.5) is 4.79 Å². The highest BCUT2D eigenvalue weighted by Crippen LogP contribution is 1.85. The van der Waals surface area contributed by atoms with E-state index in [2.05, 4.69) is 32.3 Å². The first-order valence-electron chi connectivity index (χ1n) is 3.18. The summed E-state index contributed by atoms with van der Waals surface area (Å²) < 4.78 is 13.2. The van der Waals surface area contributed by atoms with E-state index in [0.717, 1.165) is 0 Å². The Morgan fingerprint density at radius 1 is 1.08 bits per heavy atom. The molecule has 0 saturated carbocycles. The van der Waals surface area contributed by atoms with Crippen molar-refractivity contribution in [2.24, 2.45) is 11.5 Å². The van der Waals surface area contributed by atoms with Gasteiger partial charge in [0.25, 0.3) is 5.95 Å². The molecular formula is C7H18N2O4. The average Bonchev–Trinajstić information content (AvgIpc) is 2.03. The maximum atomic E-state index is 9.00. The van der Waals surface area contributed by atoms with E-state index in [-0.39, 0.29) is 0 Å². The molecule has 6 heteroatoms. The van der Waals surface area contributed by atoms with E-state index in [1.165, 1.54) is 14.2 Å². The number of urea groups is 1. The molecule has 0 aliphatic heterocycles. The van der Waals surface area contributed by atoms with Crippen molar-refractivity contribution in [3.05, 3.63) is 12.5 Å². The largest absolute Gasteiger partial charge is 0.469 e. The van der Waals surface area contributed by atoms with Gasteiger partial charge in [-0.25, -0.2) is 4.79 Å². The lowest BCUT2D eigenvalue weighted by Crippen LogP contribution is -2.18. The maximum Gasteiger partial charge on any atom is 0.309 e. The summed E-state index contributed by atoms with van der Waals surface area (Å²) >= 11 is 0. The smallest absolute Gasteiger partial charge is 0.309 e. The second kappa shape index (κ2) is 16.9. The summed E-state index contributed by atoms with van der Waals surface area (Å²) in [6, 6.07) is -0.833. The molecule has 0 aromatic carbocycles. The highest BCUT2D eigenvalue weighted by Gasteiger charge is 1.77. The van der Waals surface area contributed by atoms with Gasteiger partial charge in [-0.05, 0) is 6.58 Å². The molecular weight excluding hydrogens is 176 g/mol. The van der Waals surface area contributed by atoms with Crippen LogP contribution in [0.5, 0.6) is 0 Å². The third-order valence-electron chi connectivity index (χ3n) is 0.455. The van der Waals surface area contributed by atoms with E-state index in [4.69, 9.17) is 4.79 Å². The Balaban J connectivity index is -0.000000125. The van der Waals surface area contributed by atoms with Crippen molar-refractivity contribution in [3.63, 3.8) is 0 Å². The third-order valence-corrected chi connectivity index (χ3v) is 0.455. The molecule has 0 unspecified atom stereocenters. The number of carbonyl (C=O) groups excluding carboxylic acids is 1. The Morgan fingerprint density at radius 3 is 1.23 bits per heavy atom. The number of nitrogens with two attached hydrogens (primary N) is 2. The Morgan fingerprint density at radius 2 is 1.23 bits per heavy atom. The van der Waals surface area contributed by atoms with Gasteiger partial charge in [0, 0.05) is 14.2 Å². The summed E-state index contributed by atoms with van der Waals surface area (Å²) in [6.07, 6.45) is 0. The SMILES string of the molecule is C=C(OC)OC.COC.NC(N)=O. The van der Waals surface area contributed by atoms with E-state index in [1.807, 2.05) is 0 Å². The van der Waals surface area contributed by atoms with E-state index < -0.39 is 6.03 Å². The molecule has 0 fully saturated rings. The zero-order chi connectivity index (χ0) is 11.3. The lowest BCUT2D eigenvalue weighted by atomic mass is 11.0. The van der Waals surface area contributed by atoms with E-state index in [9.17, 15) is 0 Å². The number of carbonyl (C=O) groups is 1. The van der Waals surface area contributed by atoms with Crippen LogP contribution in [0, 0.1) is 0 Å². The molecule has 0 aliphatic carbocycles. The number of hydrogen-bond donors (Lipinski definition) is 2. The average molecular weight is 194 g/mol. The summed E-state index contributed by atoms with van der Waals surface area (Å²) in [5.74, 6) is 0.343. The van der Waals surface area contributed by atoms with Gasteiger partial charge in [-0.2, -0.15) is 0 Å². The monoisotopic (exact) mass is 194 g/mol. The Kier molecular flexibility index (Phi) is 22.9. The Bertz CT molecular complexity index is 118. The van der Waals surface area contributed by atoms with Gasteiger partial charge < -0.3 is 25.7 Å². The predicted octanol–water partition coefficient (Wildman–Crippen LogP) is 0.0368. The van der Waals surface area contributed by atoms with Crippen molar-refractivity contribution in [2.75, 3.05) is 28.4 Å². The van der Waals surface area contributed by atoms with Gasteiger partial charge in [0.05, 0.1) is 14.2 Å². The molecule has 0 atom stereocenters. The molecule has 0 aliphatic rings. The minimum Gasteiger partial charge on any atom is -0.469 e. The van der Waals surface area contributed by atoms with Gasteiger partial charge in [0.1, 0.15) is 0 Å². The van der Waals surface area contributed by atoms with Gasteiger partial charge in [0.2, 0.25) is 0 Å². The van der Waals surface area contributed by atoms with Crippen LogP contribution in [0.25, 0.3) is 0 Å². The van der Waals surface area contributed by atoms with E-state index in [1.54, 1.807) is 14.2 Å². The van der Waals surface area contributed by atoms with Crippen molar-refractivity contribution in [1.82, 2.24) is 0 Å². The first kappa shape index (κ1) is 17.6. The highest BCUT2D eigenvalue weighted by atomic mass is 16.7. The van der Waals surface area contributed by atoms with Crippen LogP contribution in [0.3, 0.4) is 0 Å². The fourth-order valence-electron chi connectivity index (χ4n) is 0.0833. The molecule has 13 heavy (non-hydrogen) atoms. The van der Waals surface area contributed by atoms with Crippen LogP contribution in [0.2, 0.25) is 0 Å². The second-order valence-electron chi connectivity index (χ2n) is 1.59. The van der Waals surface area contributed by atoms with Crippen LogP contribution in [-0.4, -0.2) is 34.5 Å². The summed E-state index contributed by atoms with van der Waals surface area (Å²) in [7, 11) is 6.26. The summed E-state index contributed by atoms with van der Waals surface area (Å²) in [5, 5.41) is 0. The molecule has 0 rings (SSSR count). The topological polar surface area (TPSA) is 96.8 Å². The molecule has 2 amide bonds. The summed E-state index contributed by atoms with van der Waals surface area (Å²) in [4.78, 5) is 9.00. The Hall–Kier alpha value is -1.43. The minimum absolute atomic E-state index is 0.343. The lowest BCUT2D eigenvalue weighted by Gasteiger charge is -1.97. The second-order valence-corrected chi connectivity index (χ2v) is 1.59. The van der Waals surface area contributed by atoms with Crippen molar-refractivity contribution >= 4 is 6.03 Å². The van der Waals surface area contributed by atoms with Crippen LogP contribution >= 0.6 is 0 Å². The van der Waals surface area contributed by atoms with Crippen LogP contribution in [-0.2, 0) is 14.2 Å². The van der Waals surface area contributed by atoms with Gasteiger partial charge in [0.15, 0.2) is 0 Å². The normalized spacial score (nSPS) is 6.46. The number of rotatable bonds is 2. The highest BCUT2D eigenvalue weighted by molar-refractivity contribution is 5.69. The predicted molar refractivity (Wildman–Crippen MR) is 49.9 cm³/mol. The molecule has 0 aromatic heterocycles. The number of methoxy groups -OCH3 is 3. The molecule has 0 aromatic rings. The van der Waals surface area contributed by atoms with E-state index >= 15 is 0 Å². The number of primary amides is 2. The maximum absolute atomic E-state index is 9.00. The van der Waals surface area contributed by atoms with Crippen molar-refractivity contribution in [2.45, 2.75) is 0 Å². The van der Waals surface area contributed by atoms with Crippen molar-refractivity contribution in [1.29, 1.82) is 0 Å². The molecule has 0 saturated heterocycles. The molecule has 6 nitrogen and oxygen atoms in total. The van der Waals surface area contributed by atoms with Gasteiger partial charge in [-0.1, -0.05) is 0 Å². The fraction of sp³-hybridized carbons (Fsp3) is 0.571. The first-order valence-corrected chi connectivity index (χ1v) is 3.18. The number of hydrogen-bond acceptors (Lipinski definition) is 4. The quantitative estimate of drug-likeness (QED) is 0.606. The zero-order valence-corrected chi connectivity index (χ0v) is 8.49. The molecule has 80 valence electrons. The van der Waals surface area contributed by atoms with Crippen LogP contribution < -0.4 is 11.5 Å². The van der Waals surface area contributed by atoms with E-state index in [0.29, 0.717) is 5.95 Å². The summed E-state index contributed by atoms with van der Waals surface area (Å²) in [5.41, 5.74) is 8.50. The van der Waals surface area contributed by atoms with Crippen LogP contribution in [0.1, 0.15) is 0 Å². The lowest BCUT2D eigenvalue weighted by molar-refractivity contribution is 0.0976. The van der Waals surface area contributed by atoms with Gasteiger partial charge in [-0.15, -0.1) is 0 Å². The number of amides is 2. The van der Waals surface area contributed by atoms with Gasteiger partial charge in [-0.3, -0.25) is 0 Å². The summed E-state index contributed by atoms with van der Waals surface area (Å²) in [6.45, 7) is 3.35. The van der Waals surface area contributed by atoms with Crippen molar-refractivity contribution < 1.29 is 19.0 Å². The standard InChI is InChI=1S/C4H8O2.C2H6O.CH4N2O/c1-4(5-2)6-3;1-3-2;2-1(3)4/h1H2,2-3H3;1-2H3;(H4,2,3,4). The number of ether oxygens (including phenoxy) is 3. The third kappa shape index (κ3) is 118. The minimum atomic E-state index is -0.833. The molecule has 0 spiro atoms. The molecule has 0 heterocycles. The van der Waals surface area contributed by atoms with Crippen molar-refractivity contribution in [3.8, 4) is 0 Å². The van der Waals surface area contributed by atoms with Gasteiger partial charge >= 0.3 is 6.03 Å².